The fourth-order valence-corrected chi connectivity index (χ4v) is 4.34. The number of aromatic amines is 1. The zero-order chi connectivity index (χ0) is 21.9. The van der Waals surface area contributed by atoms with Crippen molar-refractivity contribution in [2.45, 2.75) is 38.0 Å². The Hall–Kier alpha value is -3.19. The van der Waals surface area contributed by atoms with Gasteiger partial charge in [0.1, 0.15) is 5.82 Å². The minimum atomic E-state index is 0.170. The second-order valence-electron chi connectivity index (χ2n) is 8.19. The third kappa shape index (κ3) is 4.53. The van der Waals surface area contributed by atoms with Crippen molar-refractivity contribution in [3.63, 3.8) is 0 Å². The van der Waals surface area contributed by atoms with E-state index in [2.05, 4.69) is 15.1 Å². The molecule has 1 aliphatic heterocycles. The summed E-state index contributed by atoms with van der Waals surface area (Å²) in [6.07, 6.45) is 3.74. The van der Waals surface area contributed by atoms with E-state index in [0.717, 1.165) is 41.8 Å². The van der Waals surface area contributed by atoms with E-state index in [0.29, 0.717) is 42.5 Å². The van der Waals surface area contributed by atoms with E-state index in [1.165, 1.54) is 0 Å². The number of piperidine rings is 1. The number of rotatable bonds is 6. The van der Waals surface area contributed by atoms with E-state index in [1.54, 1.807) is 12.1 Å². The molecule has 32 heavy (non-hydrogen) atoms. The van der Waals surface area contributed by atoms with E-state index in [9.17, 15) is 4.79 Å². The van der Waals surface area contributed by atoms with Crippen molar-refractivity contribution in [2.75, 3.05) is 13.1 Å². The number of amides is 1. The number of benzene rings is 2. The minimum Gasteiger partial charge on any atom is -0.342 e. The molecular weight excluding hydrogens is 426 g/mol. The smallest absolute Gasteiger partial charge is 0.226 e. The number of aromatic nitrogens is 4. The van der Waals surface area contributed by atoms with Crippen LogP contribution in [0.2, 0.25) is 5.02 Å². The number of imidazole rings is 1. The predicted octanol–water partition coefficient (Wildman–Crippen LogP) is 5.00. The number of aryl methyl sites for hydroxylation is 1. The Labute approximate surface area is 190 Å². The summed E-state index contributed by atoms with van der Waals surface area (Å²) in [6.45, 7) is 1.51. The molecular formula is C24H24ClN5O2. The fourth-order valence-electron chi connectivity index (χ4n) is 4.21. The van der Waals surface area contributed by atoms with Crippen LogP contribution in [0.3, 0.4) is 0 Å². The number of carbonyl (C=O) groups is 1. The highest BCUT2D eigenvalue weighted by atomic mass is 35.5. The van der Waals surface area contributed by atoms with Gasteiger partial charge in [0, 0.05) is 42.4 Å². The number of halogens is 1. The predicted molar refractivity (Wildman–Crippen MR) is 122 cm³/mol. The standard InChI is InChI=1S/C24H24ClN5O2/c25-18-12-10-16(11-13-18)24-28-21(32-29-24)8-3-9-22(31)30-14-4-5-17(15-30)23-26-19-6-1-2-7-20(19)27-23/h1-2,6-7,10-13,17H,3-5,8-9,14-15H2,(H,26,27). The highest BCUT2D eigenvalue weighted by Crippen LogP contribution is 2.27. The SMILES string of the molecule is O=C(CCCc1nc(-c2ccc(Cl)cc2)no1)N1CCCC(c2nc3ccccc3[nH]2)C1. The average molecular weight is 450 g/mol. The second kappa shape index (κ2) is 9.12. The van der Waals surface area contributed by atoms with Gasteiger partial charge >= 0.3 is 0 Å². The number of hydrogen-bond donors (Lipinski definition) is 1. The summed E-state index contributed by atoms with van der Waals surface area (Å²) in [7, 11) is 0. The van der Waals surface area contributed by atoms with Gasteiger partial charge in [-0.3, -0.25) is 4.79 Å². The molecule has 0 bridgehead atoms. The second-order valence-corrected chi connectivity index (χ2v) is 8.63. The molecule has 0 spiro atoms. The number of H-pyrrole nitrogens is 1. The van der Waals surface area contributed by atoms with Crippen LogP contribution in [0.4, 0.5) is 0 Å². The number of para-hydroxylation sites is 2. The van der Waals surface area contributed by atoms with Gasteiger partial charge < -0.3 is 14.4 Å². The zero-order valence-electron chi connectivity index (χ0n) is 17.6. The molecule has 164 valence electrons. The lowest BCUT2D eigenvalue weighted by Gasteiger charge is -2.32. The summed E-state index contributed by atoms with van der Waals surface area (Å²) in [6, 6.07) is 15.3. The van der Waals surface area contributed by atoms with E-state index >= 15 is 0 Å². The van der Waals surface area contributed by atoms with Gasteiger partial charge in [0.05, 0.1) is 11.0 Å². The van der Waals surface area contributed by atoms with Gasteiger partial charge in [0.15, 0.2) is 0 Å². The molecule has 0 radical (unpaired) electrons. The van der Waals surface area contributed by atoms with Gasteiger partial charge in [-0.05, 0) is 55.7 Å². The van der Waals surface area contributed by atoms with Crippen LogP contribution >= 0.6 is 11.6 Å². The first-order valence-corrected chi connectivity index (χ1v) is 11.3. The van der Waals surface area contributed by atoms with Crippen LogP contribution in [0.15, 0.2) is 53.1 Å². The first-order valence-electron chi connectivity index (χ1n) is 11.0. The van der Waals surface area contributed by atoms with Crippen molar-refractivity contribution in [1.29, 1.82) is 0 Å². The van der Waals surface area contributed by atoms with Crippen LogP contribution in [0.1, 0.15) is 43.3 Å². The van der Waals surface area contributed by atoms with Crippen LogP contribution in [-0.4, -0.2) is 44.0 Å². The first-order chi connectivity index (χ1) is 15.7. The molecule has 2 aromatic heterocycles. The molecule has 1 amide bonds. The highest BCUT2D eigenvalue weighted by Gasteiger charge is 2.26. The fraction of sp³-hybridized carbons (Fsp3) is 0.333. The molecule has 7 nitrogen and oxygen atoms in total. The molecule has 2 aromatic carbocycles. The van der Waals surface area contributed by atoms with Crippen molar-refractivity contribution in [1.82, 2.24) is 25.0 Å². The lowest BCUT2D eigenvalue weighted by atomic mass is 9.97. The van der Waals surface area contributed by atoms with Crippen molar-refractivity contribution < 1.29 is 9.32 Å². The van der Waals surface area contributed by atoms with E-state index in [4.69, 9.17) is 21.1 Å². The Morgan fingerprint density at radius 3 is 2.84 bits per heavy atom. The van der Waals surface area contributed by atoms with Gasteiger partial charge in [-0.25, -0.2) is 4.98 Å². The molecule has 4 aromatic rings. The van der Waals surface area contributed by atoms with Gasteiger partial charge in [-0.1, -0.05) is 28.9 Å². The molecule has 1 unspecified atom stereocenters. The maximum Gasteiger partial charge on any atom is 0.226 e. The maximum atomic E-state index is 12.8. The monoisotopic (exact) mass is 449 g/mol. The minimum absolute atomic E-state index is 0.170. The summed E-state index contributed by atoms with van der Waals surface area (Å²) >= 11 is 5.92. The number of nitrogens with zero attached hydrogens (tertiary/aromatic N) is 4. The van der Waals surface area contributed by atoms with Crippen LogP contribution in [-0.2, 0) is 11.2 Å². The van der Waals surface area contributed by atoms with Crippen LogP contribution < -0.4 is 0 Å². The molecule has 1 saturated heterocycles. The molecule has 0 saturated carbocycles. The number of nitrogens with one attached hydrogen (secondary N) is 1. The molecule has 1 aliphatic rings. The normalized spacial score (nSPS) is 16.5. The Bertz CT molecular complexity index is 1180. The molecule has 8 heteroatoms. The Morgan fingerprint density at radius 1 is 1.16 bits per heavy atom. The number of fused-ring (bicyclic) bond motifs is 1. The highest BCUT2D eigenvalue weighted by molar-refractivity contribution is 6.30. The number of carbonyl (C=O) groups excluding carboxylic acids is 1. The number of hydrogen-bond acceptors (Lipinski definition) is 5. The third-order valence-corrected chi connectivity index (χ3v) is 6.17. The maximum absolute atomic E-state index is 12.8. The largest absolute Gasteiger partial charge is 0.342 e. The van der Waals surface area contributed by atoms with Gasteiger partial charge in [-0.15, -0.1) is 0 Å². The van der Waals surface area contributed by atoms with Crippen LogP contribution in [0, 0.1) is 0 Å². The zero-order valence-corrected chi connectivity index (χ0v) is 18.4. The third-order valence-electron chi connectivity index (χ3n) is 5.92. The van der Waals surface area contributed by atoms with E-state index in [-0.39, 0.29) is 11.8 Å². The van der Waals surface area contributed by atoms with Gasteiger partial charge in [-0.2, -0.15) is 4.98 Å². The molecule has 3 heterocycles. The van der Waals surface area contributed by atoms with Crippen molar-refractivity contribution in [3.8, 4) is 11.4 Å². The molecule has 1 atom stereocenters. The lowest BCUT2D eigenvalue weighted by Crippen LogP contribution is -2.39. The Kier molecular flexibility index (Phi) is 5.90. The van der Waals surface area contributed by atoms with Crippen LogP contribution in [0.25, 0.3) is 22.4 Å². The molecule has 0 aliphatic carbocycles. The van der Waals surface area contributed by atoms with E-state index in [1.807, 2.05) is 41.3 Å². The van der Waals surface area contributed by atoms with Gasteiger partial charge in [0.2, 0.25) is 17.6 Å². The molecule has 5 rings (SSSR count). The summed E-state index contributed by atoms with van der Waals surface area (Å²) in [5.41, 5.74) is 2.87. The molecule has 1 N–H and O–H groups in total. The Balaban J connectivity index is 1.14. The first kappa shape index (κ1) is 20.7. The summed E-state index contributed by atoms with van der Waals surface area (Å²) < 4.78 is 5.35. The number of likely N-dealkylation sites (tertiary alicyclic amines) is 1. The van der Waals surface area contributed by atoms with Crippen molar-refractivity contribution >= 4 is 28.5 Å². The molecule has 1 fully saturated rings. The van der Waals surface area contributed by atoms with Crippen molar-refractivity contribution in [2.24, 2.45) is 0 Å². The topological polar surface area (TPSA) is 87.9 Å². The van der Waals surface area contributed by atoms with Crippen LogP contribution in [0.5, 0.6) is 0 Å². The summed E-state index contributed by atoms with van der Waals surface area (Å²) in [4.78, 5) is 27.4. The van der Waals surface area contributed by atoms with Gasteiger partial charge in [0.25, 0.3) is 0 Å². The Morgan fingerprint density at radius 2 is 2.00 bits per heavy atom. The summed E-state index contributed by atoms with van der Waals surface area (Å²) in [5, 5.41) is 4.69. The summed E-state index contributed by atoms with van der Waals surface area (Å²) in [5.74, 6) is 2.47. The lowest BCUT2D eigenvalue weighted by molar-refractivity contribution is -0.132. The van der Waals surface area contributed by atoms with E-state index < -0.39 is 0 Å². The van der Waals surface area contributed by atoms with Crippen molar-refractivity contribution in [3.05, 3.63) is 65.3 Å². The average Bonchev–Trinajstić information content (AvgIpc) is 3.47. The quantitative estimate of drug-likeness (QED) is 0.447.